The molecular formula is C17H25ClN2O3. The first-order valence-electron chi connectivity index (χ1n) is 7.99. The maximum atomic E-state index is 12.2. The van der Waals surface area contributed by atoms with Gasteiger partial charge in [0.05, 0.1) is 13.7 Å². The topological polar surface area (TPSA) is 59.6 Å². The number of hydrogen-bond acceptors (Lipinski definition) is 4. The standard InChI is InChI=1S/C17H24N2O3.ClH/c1-21-13-2-4-14(5-3-13)22-11-10-19-16(20)15-12-17(15)6-8-18-9-7-17;/h2-5,15,18H,6-12H2,1H3,(H,19,20);1H. The van der Waals surface area contributed by atoms with Crippen molar-refractivity contribution in [2.75, 3.05) is 33.4 Å². The molecular weight excluding hydrogens is 316 g/mol. The van der Waals surface area contributed by atoms with Crippen molar-refractivity contribution >= 4 is 18.3 Å². The van der Waals surface area contributed by atoms with Crippen molar-refractivity contribution in [3.05, 3.63) is 24.3 Å². The quantitative estimate of drug-likeness (QED) is 0.778. The van der Waals surface area contributed by atoms with Crippen LogP contribution in [-0.4, -0.2) is 39.3 Å². The molecule has 128 valence electrons. The van der Waals surface area contributed by atoms with Crippen molar-refractivity contribution in [3.8, 4) is 11.5 Å². The minimum absolute atomic E-state index is 0. The van der Waals surface area contributed by atoms with Crippen molar-refractivity contribution in [2.45, 2.75) is 19.3 Å². The second kappa shape index (κ2) is 7.88. The molecule has 1 spiro atoms. The molecule has 0 bridgehead atoms. The molecule has 1 aromatic carbocycles. The number of carbonyl (C=O) groups is 1. The summed E-state index contributed by atoms with van der Waals surface area (Å²) < 4.78 is 10.7. The molecule has 1 aliphatic heterocycles. The Kier molecular flexibility index (Phi) is 6.13. The van der Waals surface area contributed by atoms with Crippen LogP contribution in [0.4, 0.5) is 0 Å². The fourth-order valence-electron chi connectivity index (χ4n) is 3.33. The van der Waals surface area contributed by atoms with E-state index in [-0.39, 0.29) is 24.2 Å². The Labute approximate surface area is 143 Å². The summed E-state index contributed by atoms with van der Waals surface area (Å²) in [5, 5.41) is 6.36. The highest BCUT2D eigenvalue weighted by Gasteiger charge is 2.57. The molecule has 5 nitrogen and oxygen atoms in total. The number of ether oxygens (including phenoxy) is 2. The van der Waals surface area contributed by atoms with Crippen LogP contribution in [0.3, 0.4) is 0 Å². The highest BCUT2D eigenvalue weighted by atomic mass is 35.5. The molecule has 2 N–H and O–H groups in total. The van der Waals surface area contributed by atoms with E-state index in [1.165, 1.54) is 0 Å². The first-order valence-corrected chi connectivity index (χ1v) is 7.99. The zero-order valence-electron chi connectivity index (χ0n) is 13.5. The highest BCUT2D eigenvalue weighted by Crippen LogP contribution is 2.58. The smallest absolute Gasteiger partial charge is 0.223 e. The number of halogens is 1. The lowest BCUT2D eigenvalue weighted by atomic mass is 9.92. The van der Waals surface area contributed by atoms with E-state index in [2.05, 4.69) is 10.6 Å². The van der Waals surface area contributed by atoms with Crippen LogP contribution in [0.5, 0.6) is 11.5 Å². The van der Waals surface area contributed by atoms with E-state index in [0.29, 0.717) is 18.6 Å². The van der Waals surface area contributed by atoms with Gasteiger partial charge < -0.3 is 20.1 Å². The summed E-state index contributed by atoms with van der Waals surface area (Å²) in [6.45, 7) is 3.13. The molecule has 0 radical (unpaired) electrons. The molecule has 1 aromatic rings. The minimum Gasteiger partial charge on any atom is -0.497 e. The third-order valence-corrected chi connectivity index (χ3v) is 4.84. The van der Waals surface area contributed by atoms with E-state index < -0.39 is 0 Å². The van der Waals surface area contributed by atoms with Crippen LogP contribution in [0, 0.1) is 11.3 Å². The SMILES string of the molecule is COc1ccc(OCCNC(=O)C2CC23CCNCC3)cc1.Cl. The molecule has 1 amide bonds. The van der Waals surface area contributed by atoms with E-state index in [1.807, 2.05) is 24.3 Å². The Morgan fingerprint density at radius 3 is 2.57 bits per heavy atom. The molecule has 1 aliphatic carbocycles. The van der Waals surface area contributed by atoms with Crippen LogP contribution in [0.15, 0.2) is 24.3 Å². The van der Waals surface area contributed by atoms with Crippen LogP contribution in [0.2, 0.25) is 0 Å². The first-order chi connectivity index (χ1) is 10.7. The third-order valence-electron chi connectivity index (χ3n) is 4.84. The summed E-state index contributed by atoms with van der Waals surface area (Å²) in [5.41, 5.74) is 0.298. The third kappa shape index (κ3) is 4.30. The Balaban J connectivity index is 0.00000192. The number of piperidine rings is 1. The van der Waals surface area contributed by atoms with Gasteiger partial charge in [0, 0.05) is 5.92 Å². The second-order valence-electron chi connectivity index (χ2n) is 6.18. The summed E-state index contributed by atoms with van der Waals surface area (Å²) in [7, 11) is 1.64. The van der Waals surface area contributed by atoms with Gasteiger partial charge in [0.1, 0.15) is 18.1 Å². The number of rotatable bonds is 6. The summed E-state index contributed by atoms with van der Waals surface area (Å²) in [6, 6.07) is 7.45. The molecule has 1 saturated heterocycles. The number of hydrogen-bond donors (Lipinski definition) is 2. The number of amides is 1. The summed E-state index contributed by atoms with van der Waals surface area (Å²) in [6.07, 6.45) is 3.32. The lowest BCUT2D eigenvalue weighted by Crippen LogP contribution is -2.35. The molecule has 1 atom stereocenters. The number of carbonyl (C=O) groups excluding carboxylic acids is 1. The van der Waals surface area contributed by atoms with E-state index in [4.69, 9.17) is 9.47 Å². The Bertz CT molecular complexity index is 515. The maximum absolute atomic E-state index is 12.2. The highest BCUT2D eigenvalue weighted by molar-refractivity contribution is 5.85. The van der Waals surface area contributed by atoms with E-state index >= 15 is 0 Å². The number of methoxy groups -OCH3 is 1. The normalized spacial score (nSPS) is 21.2. The van der Waals surface area contributed by atoms with Gasteiger partial charge in [-0.3, -0.25) is 4.79 Å². The van der Waals surface area contributed by atoms with Crippen molar-refractivity contribution in [1.82, 2.24) is 10.6 Å². The Morgan fingerprint density at radius 2 is 1.91 bits per heavy atom. The Hall–Kier alpha value is -1.46. The van der Waals surface area contributed by atoms with Gasteiger partial charge in [0.25, 0.3) is 0 Å². The van der Waals surface area contributed by atoms with Gasteiger partial charge in [-0.1, -0.05) is 0 Å². The van der Waals surface area contributed by atoms with Crippen molar-refractivity contribution < 1.29 is 14.3 Å². The van der Waals surface area contributed by atoms with Crippen LogP contribution in [0.25, 0.3) is 0 Å². The van der Waals surface area contributed by atoms with Gasteiger partial charge in [-0.2, -0.15) is 0 Å². The van der Waals surface area contributed by atoms with Crippen molar-refractivity contribution in [2.24, 2.45) is 11.3 Å². The fourth-order valence-corrected chi connectivity index (χ4v) is 3.33. The molecule has 3 rings (SSSR count). The van der Waals surface area contributed by atoms with E-state index in [1.54, 1.807) is 7.11 Å². The van der Waals surface area contributed by atoms with E-state index in [9.17, 15) is 4.79 Å². The average molecular weight is 341 g/mol. The van der Waals surface area contributed by atoms with Crippen molar-refractivity contribution in [3.63, 3.8) is 0 Å². The van der Waals surface area contributed by atoms with Crippen LogP contribution in [0.1, 0.15) is 19.3 Å². The van der Waals surface area contributed by atoms with Crippen LogP contribution in [-0.2, 0) is 4.79 Å². The van der Waals surface area contributed by atoms with Gasteiger partial charge in [-0.05, 0) is 62.0 Å². The van der Waals surface area contributed by atoms with Gasteiger partial charge in [-0.25, -0.2) is 0 Å². The zero-order chi connectivity index (χ0) is 15.4. The van der Waals surface area contributed by atoms with Crippen molar-refractivity contribution in [1.29, 1.82) is 0 Å². The molecule has 1 heterocycles. The van der Waals surface area contributed by atoms with Gasteiger partial charge in [0.2, 0.25) is 5.91 Å². The molecule has 2 fully saturated rings. The predicted molar refractivity (Wildman–Crippen MR) is 91.4 cm³/mol. The second-order valence-corrected chi connectivity index (χ2v) is 6.18. The van der Waals surface area contributed by atoms with Gasteiger partial charge >= 0.3 is 0 Å². The summed E-state index contributed by atoms with van der Waals surface area (Å²) >= 11 is 0. The molecule has 6 heteroatoms. The molecule has 0 aromatic heterocycles. The van der Waals surface area contributed by atoms with E-state index in [0.717, 1.165) is 43.9 Å². The lowest BCUT2D eigenvalue weighted by molar-refractivity contribution is -0.123. The lowest BCUT2D eigenvalue weighted by Gasteiger charge is -2.23. The fraction of sp³-hybridized carbons (Fsp3) is 0.588. The van der Waals surface area contributed by atoms with Gasteiger partial charge in [-0.15, -0.1) is 12.4 Å². The monoisotopic (exact) mass is 340 g/mol. The maximum Gasteiger partial charge on any atom is 0.223 e. The average Bonchev–Trinajstić information content (AvgIpc) is 3.26. The molecule has 1 unspecified atom stereocenters. The number of nitrogens with one attached hydrogen (secondary N) is 2. The largest absolute Gasteiger partial charge is 0.497 e. The van der Waals surface area contributed by atoms with Gasteiger partial charge in [0.15, 0.2) is 0 Å². The Morgan fingerprint density at radius 1 is 1.26 bits per heavy atom. The zero-order valence-corrected chi connectivity index (χ0v) is 14.3. The number of benzene rings is 1. The van der Waals surface area contributed by atoms with Crippen LogP contribution < -0.4 is 20.1 Å². The summed E-state index contributed by atoms with van der Waals surface area (Å²) in [5.74, 6) is 2.01. The minimum atomic E-state index is 0. The van der Waals surface area contributed by atoms with Crippen LogP contribution >= 0.6 is 12.4 Å². The summed E-state index contributed by atoms with van der Waals surface area (Å²) in [4.78, 5) is 12.2. The predicted octanol–water partition coefficient (Wildman–Crippen LogP) is 2.00. The molecule has 23 heavy (non-hydrogen) atoms. The molecule has 2 aliphatic rings. The molecule has 1 saturated carbocycles. The first kappa shape index (κ1) is 17.9.